The van der Waals surface area contributed by atoms with E-state index in [1.807, 2.05) is 12.4 Å². The number of unbranched alkanes of at least 4 members (excludes halogenated alkanes) is 3. The Balaban J connectivity index is 1.12. The molecule has 4 heteroatoms. The van der Waals surface area contributed by atoms with Crippen LogP contribution in [0.1, 0.15) is 141 Å². The van der Waals surface area contributed by atoms with E-state index in [-0.39, 0.29) is 16.2 Å². The van der Waals surface area contributed by atoms with Gasteiger partial charge in [0.15, 0.2) is 11.6 Å². The third-order valence-electron chi connectivity index (χ3n) is 13.9. The normalized spacial score (nSPS) is 14.6. The molecular formula is C60H68N4. The Labute approximate surface area is 384 Å². The topological polar surface area (TPSA) is 51.6 Å². The van der Waals surface area contributed by atoms with Gasteiger partial charge in [0.25, 0.3) is 0 Å². The lowest BCUT2D eigenvalue weighted by atomic mass is 9.62. The minimum atomic E-state index is -0.174. The number of rotatable bonds is 13. The maximum atomic E-state index is 5.14. The number of hydrogen-bond donors (Lipinski definition) is 0. The summed E-state index contributed by atoms with van der Waals surface area (Å²) in [6, 6.07) is 47.4. The van der Waals surface area contributed by atoms with Crippen molar-refractivity contribution in [2.45, 2.75) is 136 Å². The van der Waals surface area contributed by atoms with E-state index in [1.54, 1.807) is 0 Å². The van der Waals surface area contributed by atoms with E-state index < -0.39 is 0 Å². The lowest BCUT2D eigenvalue weighted by Gasteiger charge is -2.41. The molecule has 64 heavy (non-hydrogen) atoms. The van der Waals surface area contributed by atoms with E-state index in [0.717, 1.165) is 40.1 Å². The minimum Gasteiger partial charge on any atom is -0.236 e. The van der Waals surface area contributed by atoms with E-state index in [4.69, 9.17) is 19.9 Å². The molecule has 1 fully saturated rings. The summed E-state index contributed by atoms with van der Waals surface area (Å²) in [5.41, 5.74) is 14.9. The van der Waals surface area contributed by atoms with Crippen molar-refractivity contribution in [3.8, 4) is 56.4 Å². The number of nitrogens with zero attached hydrogens (tertiary/aromatic N) is 4. The molecule has 1 saturated carbocycles. The molecule has 4 nitrogen and oxygen atoms in total. The maximum absolute atomic E-state index is 5.14. The Morgan fingerprint density at radius 1 is 0.453 bits per heavy atom. The molecule has 0 spiro atoms. The minimum absolute atomic E-state index is 0.0632. The lowest BCUT2D eigenvalue weighted by Crippen LogP contribution is -2.35. The molecule has 7 aromatic rings. The van der Waals surface area contributed by atoms with Crippen molar-refractivity contribution in [1.29, 1.82) is 0 Å². The van der Waals surface area contributed by atoms with Gasteiger partial charge in [0, 0.05) is 34.5 Å². The monoisotopic (exact) mass is 845 g/mol. The molecule has 328 valence electrons. The summed E-state index contributed by atoms with van der Waals surface area (Å²) in [6.45, 7) is 18.2. The third kappa shape index (κ3) is 10.1. The first-order chi connectivity index (χ1) is 30.8. The van der Waals surface area contributed by atoms with Gasteiger partial charge in [-0.05, 0) is 93.5 Å². The van der Waals surface area contributed by atoms with Crippen LogP contribution >= 0.6 is 0 Å². The molecule has 1 aliphatic rings. The van der Waals surface area contributed by atoms with E-state index in [1.165, 1.54) is 96.7 Å². The summed E-state index contributed by atoms with van der Waals surface area (Å²) in [5.74, 6) is 1.85. The standard InChI is InChI=1S/C60H68N4/c1-9-10-11-13-18-42-25-27-43(28-26-42)46-19-16-23-52(37-46)60(8,51-21-14-12-15-22-51)53-24-17-20-47(38-53)56-61-40-48(41-62-56)57-63-54(44-29-33-49(34-30-44)58(2,3)4)39-55(64-57)45-31-35-50(36-32-45)59(5,6)7/h16-17,19-20,23-41,51H,9-15,18,21-22H2,1-8H3. The summed E-state index contributed by atoms with van der Waals surface area (Å²) in [6.07, 6.45) is 16.4. The zero-order valence-electron chi connectivity index (χ0n) is 39.7. The summed E-state index contributed by atoms with van der Waals surface area (Å²) in [5, 5.41) is 0. The van der Waals surface area contributed by atoms with E-state index >= 15 is 0 Å². The van der Waals surface area contributed by atoms with Crippen molar-refractivity contribution >= 4 is 0 Å². The van der Waals surface area contributed by atoms with E-state index in [2.05, 4.69) is 183 Å². The Kier molecular flexibility index (Phi) is 13.4. The SMILES string of the molecule is CCCCCCc1ccc(-c2cccc(C(C)(c3cccc(-c4ncc(-c5nc(-c6ccc(C(C)(C)C)cc6)cc(-c6ccc(C(C)(C)C)cc6)n5)cn4)c3)C3CCCCC3)c2)cc1. The van der Waals surface area contributed by atoms with Crippen LogP contribution in [0.15, 0.2) is 140 Å². The van der Waals surface area contributed by atoms with Crippen LogP contribution in [0.2, 0.25) is 0 Å². The van der Waals surface area contributed by atoms with Gasteiger partial charge in [0.1, 0.15) is 0 Å². The summed E-state index contributed by atoms with van der Waals surface area (Å²) in [4.78, 5) is 20.3. The first kappa shape index (κ1) is 44.9. The molecule has 2 heterocycles. The van der Waals surface area contributed by atoms with Crippen molar-refractivity contribution in [3.63, 3.8) is 0 Å². The summed E-state index contributed by atoms with van der Waals surface area (Å²) >= 11 is 0. The van der Waals surface area contributed by atoms with Gasteiger partial charge >= 0.3 is 0 Å². The molecule has 0 radical (unpaired) electrons. The molecule has 1 unspecified atom stereocenters. The predicted molar refractivity (Wildman–Crippen MR) is 270 cm³/mol. The quantitative estimate of drug-likeness (QED) is 0.109. The van der Waals surface area contributed by atoms with Crippen LogP contribution in [0.4, 0.5) is 0 Å². The Bertz CT molecular complexity index is 2550. The van der Waals surface area contributed by atoms with Crippen LogP contribution in [0.25, 0.3) is 56.4 Å². The number of aromatic nitrogens is 4. The molecule has 0 N–H and O–H groups in total. The molecule has 2 aromatic heterocycles. The Morgan fingerprint density at radius 3 is 1.50 bits per heavy atom. The molecule has 5 aromatic carbocycles. The van der Waals surface area contributed by atoms with Crippen molar-refractivity contribution in [1.82, 2.24) is 19.9 Å². The van der Waals surface area contributed by atoms with Gasteiger partial charge in [0.2, 0.25) is 0 Å². The molecule has 0 bridgehead atoms. The van der Waals surface area contributed by atoms with Crippen molar-refractivity contribution in [3.05, 3.63) is 168 Å². The highest BCUT2D eigenvalue weighted by atomic mass is 14.9. The molecule has 0 amide bonds. The molecule has 8 rings (SSSR count). The number of hydrogen-bond acceptors (Lipinski definition) is 4. The molecular weight excluding hydrogens is 777 g/mol. The Morgan fingerprint density at radius 2 is 0.969 bits per heavy atom. The fourth-order valence-corrected chi connectivity index (χ4v) is 9.69. The molecule has 1 atom stereocenters. The number of aryl methyl sites for hydroxylation is 1. The van der Waals surface area contributed by atoms with Gasteiger partial charge in [-0.1, -0.05) is 209 Å². The highest BCUT2D eigenvalue weighted by molar-refractivity contribution is 5.72. The molecule has 0 aliphatic heterocycles. The second kappa shape index (κ2) is 19.2. The van der Waals surface area contributed by atoms with Crippen LogP contribution in [0, 0.1) is 5.92 Å². The van der Waals surface area contributed by atoms with Gasteiger partial charge < -0.3 is 0 Å². The van der Waals surface area contributed by atoms with Crippen molar-refractivity contribution in [2.24, 2.45) is 5.92 Å². The van der Waals surface area contributed by atoms with Gasteiger partial charge in [-0.3, -0.25) is 0 Å². The van der Waals surface area contributed by atoms with E-state index in [0.29, 0.717) is 17.6 Å². The van der Waals surface area contributed by atoms with Crippen LogP contribution in [-0.2, 0) is 22.7 Å². The summed E-state index contributed by atoms with van der Waals surface area (Å²) in [7, 11) is 0. The average Bonchev–Trinajstić information content (AvgIpc) is 3.32. The first-order valence-electron chi connectivity index (χ1n) is 24.0. The first-order valence-corrected chi connectivity index (χ1v) is 24.0. The average molecular weight is 845 g/mol. The van der Waals surface area contributed by atoms with Crippen LogP contribution in [0.5, 0.6) is 0 Å². The molecule has 0 saturated heterocycles. The van der Waals surface area contributed by atoms with Crippen LogP contribution in [-0.4, -0.2) is 19.9 Å². The third-order valence-corrected chi connectivity index (χ3v) is 13.9. The van der Waals surface area contributed by atoms with Gasteiger partial charge in [-0.15, -0.1) is 0 Å². The van der Waals surface area contributed by atoms with Crippen molar-refractivity contribution in [2.75, 3.05) is 0 Å². The second-order valence-electron chi connectivity index (χ2n) is 20.6. The zero-order chi connectivity index (χ0) is 44.9. The fourth-order valence-electron chi connectivity index (χ4n) is 9.69. The van der Waals surface area contributed by atoms with Crippen LogP contribution in [0.3, 0.4) is 0 Å². The molecule has 1 aliphatic carbocycles. The van der Waals surface area contributed by atoms with E-state index in [9.17, 15) is 0 Å². The predicted octanol–water partition coefficient (Wildman–Crippen LogP) is 16.2. The zero-order valence-corrected chi connectivity index (χ0v) is 39.7. The highest BCUT2D eigenvalue weighted by Gasteiger charge is 2.38. The lowest BCUT2D eigenvalue weighted by molar-refractivity contribution is 0.254. The van der Waals surface area contributed by atoms with Crippen molar-refractivity contribution < 1.29 is 0 Å². The van der Waals surface area contributed by atoms with Gasteiger partial charge in [-0.2, -0.15) is 0 Å². The summed E-state index contributed by atoms with van der Waals surface area (Å²) < 4.78 is 0. The van der Waals surface area contributed by atoms with Gasteiger partial charge in [0.05, 0.1) is 17.0 Å². The number of benzene rings is 5. The Hall–Kier alpha value is -5.74. The van der Waals surface area contributed by atoms with Gasteiger partial charge in [-0.25, -0.2) is 19.9 Å². The highest BCUT2D eigenvalue weighted by Crippen LogP contribution is 2.47. The second-order valence-corrected chi connectivity index (χ2v) is 20.6. The fraction of sp³-hybridized carbons (Fsp3) is 0.367. The smallest absolute Gasteiger partial charge is 0.163 e. The maximum Gasteiger partial charge on any atom is 0.163 e. The van der Waals surface area contributed by atoms with Crippen LogP contribution < -0.4 is 0 Å². The largest absolute Gasteiger partial charge is 0.236 e.